The molecule has 0 bridgehead atoms. The number of hydrogen-bond acceptors (Lipinski definition) is 4. The third kappa shape index (κ3) is 11.7. The van der Waals surface area contributed by atoms with Crippen LogP contribution >= 0.6 is 0 Å². The van der Waals surface area contributed by atoms with Gasteiger partial charge in [0.2, 0.25) is 0 Å². The highest BCUT2D eigenvalue weighted by molar-refractivity contribution is 5.91. The van der Waals surface area contributed by atoms with Crippen LogP contribution in [-0.2, 0) is 6.42 Å². The lowest BCUT2D eigenvalue weighted by Crippen LogP contribution is -2.18. The Bertz CT molecular complexity index is 866. The first-order valence-electron chi connectivity index (χ1n) is 14.9. The van der Waals surface area contributed by atoms with Crippen molar-refractivity contribution in [2.24, 2.45) is 5.92 Å². The zero-order valence-corrected chi connectivity index (χ0v) is 23.0. The highest BCUT2D eigenvalue weighted by Crippen LogP contribution is 2.28. The molecule has 37 heavy (non-hydrogen) atoms. The van der Waals surface area contributed by atoms with Crippen molar-refractivity contribution < 1.29 is 19.4 Å². The van der Waals surface area contributed by atoms with E-state index < -0.39 is 0 Å². The number of aryl methyl sites for hydroxylation is 1. The van der Waals surface area contributed by atoms with Gasteiger partial charge in [-0.15, -0.1) is 0 Å². The van der Waals surface area contributed by atoms with Gasteiger partial charge >= 0.3 is 5.97 Å². The molecule has 1 aliphatic carbocycles. The number of rotatable bonds is 17. The number of benzene rings is 2. The molecule has 4 heteroatoms. The Morgan fingerprint density at radius 1 is 0.757 bits per heavy atom. The molecule has 0 atom stereocenters. The second-order valence-electron chi connectivity index (χ2n) is 10.8. The van der Waals surface area contributed by atoms with Crippen molar-refractivity contribution in [2.75, 3.05) is 6.61 Å². The van der Waals surface area contributed by atoms with E-state index in [0.717, 1.165) is 57.3 Å². The summed E-state index contributed by atoms with van der Waals surface area (Å²) in [5.41, 5.74) is 1.78. The fourth-order valence-electron chi connectivity index (χ4n) is 5.16. The number of carbonyl (C=O) groups excluding carboxylic acids is 1. The van der Waals surface area contributed by atoms with E-state index in [-0.39, 0.29) is 12.1 Å². The SMILES string of the molecule is CCCCCCCCCCCCOc1ccc(C(=O)Oc2ccc(CC[C@H]3CC[C@H](O)CC3)cc2)cc1. The Balaban J connectivity index is 1.28. The van der Waals surface area contributed by atoms with Gasteiger partial charge in [0.25, 0.3) is 0 Å². The molecule has 2 aromatic rings. The minimum atomic E-state index is -0.352. The van der Waals surface area contributed by atoms with E-state index in [9.17, 15) is 9.90 Å². The summed E-state index contributed by atoms with van der Waals surface area (Å²) < 4.78 is 11.4. The molecule has 1 fully saturated rings. The standard InChI is InChI=1S/C33H48O4/c1-2-3-4-5-6-7-8-9-10-11-26-36-31-24-18-29(19-25-31)33(35)37-32-22-16-28(17-23-32)13-12-27-14-20-30(34)21-15-27/h16-19,22-25,27,30,34H,2-15,20-21,26H2,1H3/t27-,30-. The molecule has 0 amide bonds. The van der Waals surface area contributed by atoms with E-state index >= 15 is 0 Å². The van der Waals surface area contributed by atoms with Crippen LogP contribution in [-0.4, -0.2) is 23.8 Å². The molecule has 0 radical (unpaired) electrons. The van der Waals surface area contributed by atoms with Gasteiger partial charge in [-0.25, -0.2) is 4.79 Å². The monoisotopic (exact) mass is 508 g/mol. The molecule has 0 aliphatic heterocycles. The van der Waals surface area contributed by atoms with Gasteiger partial charge in [-0.05, 0) is 92.8 Å². The van der Waals surface area contributed by atoms with Crippen molar-refractivity contribution in [3.8, 4) is 11.5 Å². The van der Waals surface area contributed by atoms with Crippen molar-refractivity contribution in [3.05, 3.63) is 59.7 Å². The summed E-state index contributed by atoms with van der Waals surface area (Å²) in [7, 11) is 0. The van der Waals surface area contributed by atoms with E-state index in [1.807, 2.05) is 36.4 Å². The molecule has 2 aromatic carbocycles. The first kappa shape index (κ1) is 29.2. The summed E-state index contributed by atoms with van der Waals surface area (Å²) in [4.78, 5) is 12.5. The average Bonchev–Trinajstić information content (AvgIpc) is 2.92. The van der Waals surface area contributed by atoms with Crippen LogP contribution in [0.3, 0.4) is 0 Å². The normalized spacial score (nSPS) is 17.5. The summed E-state index contributed by atoms with van der Waals surface area (Å²) >= 11 is 0. The smallest absolute Gasteiger partial charge is 0.343 e. The van der Waals surface area contributed by atoms with Crippen molar-refractivity contribution in [1.82, 2.24) is 0 Å². The summed E-state index contributed by atoms with van der Waals surface area (Å²) in [5, 5.41) is 9.66. The minimum Gasteiger partial charge on any atom is -0.494 e. The molecule has 4 nitrogen and oxygen atoms in total. The molecule has 0 aromatic heterocycles. The van der Waals surface area contributed by atoms with Crippen LogP contribution < -0.4 is 9.47 Å². The van der Waals surface area contributed by atoms with Gasteiger partial charge in [0, 0.05) is 0 Å². The molecule has 1 saturated carbocycles. The van der Waals surface area contributed by atoms with Gasteiger partial charge in [0.15, 0.2) is 0 Å². The molecule has 204 valence electrons. The minimum absolute atomic E-state index is 0.0941. The molecule has 0 spiro atoms. The molecule has 0 saturated heterocycles. The zero-order valence-electron chi connectivity index (χ0n) is 23.0. The molecule has 0 heterocycles. The molecule has 1 N–H and O–H groups in total. The van der Waals surface area contributed by atoms with Gasteiger partial charge in [0.1, 0.15) is 11.5 Å². The van der Waals surface area contributed by atoms with Gasteiger partial charge in [-0.1, -0.05) is 76.8 Å². The predicted octanol–water partition coefficient (Wildman–Crippen LogP) is 8.69. The zero-order chi connectivity index (χ0) is 26.1. The lowest BCUT2D eigenvalue weighted by atomic mass is 9.84. The van der Waals surface area contributed by atoms with Gasteiger partial charge in [-0.3, -0.25) is 0 Å². The summed E-state index contributed by atoms with van der Waals surface area (Å²) in [6.45, 7) is 2.98. The van der Waals surface area contributed by atoms with Crippen molar-refractivity contribution >= 4 is 5.97 Å². The van der Waals surface area contributed by atoms with Crippen LogP contribution in [0.1, 0.15) is 119 Å². The fourth-order valence-corrected chi connectivity index (χ4v) is 5.16. The molecule has 0 unspecified atom stereocenters. The van der Waals surface area contributed by atoms with Crippen LogP contribution in [0.15, 0.2) is 48.5 Å². The highest BCUT2D eigenvalue weighted by atomic mass is 16.5. The maximum atomic E-state index is 12.5. The number of aliphatic hydroxyl groups excluding tert-OH is 1. The van der Waals surface area contributed by atoms with Crippen LogP contribution in [0.5, 0.6) is 11.5 Å². The van der Waals surface area contributed by atoms with Crippen LogP contribution in [0.4, 0.5) is 0 Å². The van der Waals surface area contributed by atoms with E-state index in [2.05, 4.69) is 6.92 Å². The van der Waals surface area contributed by atoms with Crippen LogP contribution in [0, 0.1) is 5.92 Å². The van der Waals surface area contributed by atoms with Gasteiger partial charge in [-0.2, -0.15) is 0 Å². The number of carbonyl (C=O) groups is 1. The topological polar surface area (TPSA) is 55.8 Å². The number of esters is 1. The summed E-state index contributed by atoms with van der Waals surface area (Å²) in [6.07, 6.45) is 19.3. The third-order valence-electron chi connectivity index (χ3n) is 7.65. The summed E-state index contributed by atoms with van der Waals surface area (Å²) in [6, 6.07) is 15.1. The van der Waals surface area contributed by atoms with Gasteiger partial charge in [0.05, 0.1) is 18.3 Å². The lowest BCUT2D eigenvalue weighted by Gasteiger charge is -2.25. The van der Waals surface area contributed by atoms with E-state index in [4.69, 9.17) is 9.47 Å². The van der Waals surface area contributed by atoms with Crippen LogP contribution in [0.2, 0.25) is 0 Å². The second kappa shape index (κ2) is 17.2. The first-order valence-corrected chi connectivity index (χ1v) is 14.9. The van der Waals surface area contributed by atoms with E-state index in [1.165, 1.54) is 63.4 Å². The van der Waals surface area contributed by atoms with Gasteiger partial charge < -0.3 is 14.6 Å². The maximum Gasteiger partial charge on any atom is 0.343 e. The highest BCUT2D eigenvalue weighted by Gasteiger charge is 2.19. The molecule has 3 rings (SSSR count). The quantitative estimate of drug-likeness (QED) is 0.132. The Labute approximate surface area is 224 Å². The lowest BCUT2D eigenvalue weighted by molar-refractivity contribution is 0.0734. The number of ether oxygens (including phenoxy) is 2. The molecule has 1 aliphatic rings. The number of hydrogen-bond donors (Lipinski definition) is 1. The molecular weight excluding hydrogens is 460 g/mol. The Morgan fingerprint density at radius 2 is 1.32 bits per heavy atom. The Hall–Kier alpha value is -2.33. The molecular formula is C33H48O4. The largest absolute Gasteiger partial charge is 0.494 e. The maximum absolute atomic E-state index is 12.5. The Kier molecular flexibility index (Phi) is 13.6. The second-order valence-corrected chi connectivity index (χ2v) is 10.8. The van der Waals surface area contributed by atoms with Crippen LogP contribution in [0.25, 0.3) is 0 Å². The number of unbranched alkanes of at least 4 members (excludes halogenated alkanes) is 9. The Morgan fingerprint density at radius 3 is 1.95 bits per heavy atom. The average molecular weight is 509 g/mol. The number of aliphatic hydroxyl groups is 1. The third-order valence-corrected chi connectivity index (χ3v) is 7.65. The van der Waals surface area contributed by atoms with Crippen molar-refractivity contribution in [1.29, 1.82) is 0 Å². The van der Waals surface area contributed by atoms with E-state index in [0.29, 0.717) is 17.2 Å². The van der Waals surface area contributed by atoms with Crippen molar-refractivity contribution in [3.63, 3.8) is 0 Å². The van der Waals surface area contributed by atoms with Crippen molar-refractivity contribution in [2.45, 2.75) is 116 Å². The predicted molar refractivity (Wildman–Crippen MR) is 151 cm³/mol. The first-order chi connectivity index (χ1) is 18.1. The fraction of sp³-hybridized carbons (Fsp3) is 0.606. The van der Waals surface area contributed by atoms with E-state index in [1.54, 1.807) is 12.1 Å². The summed E-state index contributed by atoms with van der Waals surface area (Å²) in [5.74, 6) is 1.72.